The molecule has 2 rings (SSSR count). The predicted octanol–water partition coefficient (Wildman–Crippen LogP) is 0.662. The van der Waals surface area contributed by atoms with Crippen LogP contribution in [-0.2, 0) is 4.79 Å². The largest absolute Gasteiger partial charge is 0.354 e. The molecule has 0 spiro atoms. The van der Waals surface area contributed by atoms with Crippen LogP contribution in [-0.4, -0.2) is 74.1 Å². The van der Waals surface area contributed by atoms with E-state index in [1.165, 1.54) is 0 Å². The molecule has 2 fully saturated rings. The molecule has 1 unspecified atom stereocenters. The highest BCUT2D eigenvalue weighted by atomic mass is 16.2. The molecule has 0 aromatic carbocycles. The molecule has 1 amide bonds. The molecule has 2 heterocycles. The van der Waals surface area contributed by atoms with Gasteiger partial charge in [0.1, 0.15) is 0 Å². The molecule has 1 atom stereocenters. The minimum absolute atomic E-state index is 0.222. The Hall–Kier alpha value is -0.650. The molecule has 122 valence electrons. The quantitative estimate of drug-likeness (QED) is 0.678. The molecule has 21 heavy (non-hydrogen) atoms. The first-order valence-corrected chi connectivity index (χ1v) is 8.60. The van der Waals surface area contributed by atoms with Gasteiger partial charge in [0.05, 0.1) is 5.54 Å². The average Bonchev–Trinajstić information content (AvgIpc) is 2.95. The number of hydrogen-bond donors (Lipinski definition) is 2. The lowest BCUT2D eigenvalue weighted by atomic mass is 9.91. The van der Waals surface area contributed by atoms with Crippen molar-refractivity contribution in [2.45, 2.75) is 44.6 Å². The van der Waals surface area contributed by atoms with Crippen molar-refractivity contribution in [1.82, 2.24) is 20.4 Å². The summed E-state index contributed by atoms with van der Waals surface area (Å²) in [6.45, 7) is 9.68. The molecule has 0 aromatic heterocycles. The molecule has 2 N–H and O–H groups in total. The number of likely N-dealkylation sites (N-methyl/N-ethyl adjacent to an activating group) is 1. The molecule has 5 nitrogen and oxygen atoms in total. The standard InChI is InChI=1S/C16H32N4O/c1-3-6-16(7-4-9-18-16)15(21)17-8-5-10-20-13-11-19(2)12-14-20/h18H,3-14H2,1-2H3,(H,17,21). The zero-order valence-corrected chi connectivity index (χ0v) is 13.8. The Morgan fingerprint density at radius 1 is 1.29 bits per heavy atom. The van der Waals surface area contributed by atoms with Gasteiger partial charge in [-0.1, -0.05) is 13.3 Å². The second kappa shape index (κ2) is 8.11. The molecule has 0 aliphatic carbocycles. The molecule has 2 saturated heterocycles. The summed E-state index contributed by atoms with van der Waals surface area (Å²) >= 11 is 0. The van der Waals surface area contributed by atoms with Crippen LogP contribution in [0.5, 0.6) is 0 Å². The molecular weight excluding hydrogens is 264 g/mol. The topological polar surface area (TPSA) is 47.6 Å². The van der Waals surface area contributed by atoms with Crippen LogP contribution in [0.25, 0.3) is 0 Å². The van der Waals surface area contributed by atoms with E-state index in [9.17, 15) is 4.79 Å². The Morgan fingerprint density at radius 3 is 2.67 bits per heavy atom. The van der Waals surface area contributed by atoms with Crippen LogP contribution in [0.3, 0.4) is 0 Å². The second-order valence-corrected chi connectivity index (χ2v) is 6.62. The Bertz CT molecular complexity index is 320. The van der Waals surface area contributed by atoms with Gasteiger partial charge in [0, 0.05) is 32.7 Å². The van der Waals surface area contributed by atoms with Crippen LogP contribution >= 0.6 is 0 Å². The Balaban J connectivity index is 1.64. The molecule has 2 aliphatic rings. The molecule has 5 heteroatoms. The van der Waals surface area contributed by atoms with Gasteiger partial charge in [-0.25, -0.2) is 0 Å². The van der Waals surface area contributed by atoms with Crippen LogP contribution < -0.4 is 10.6 Å². The summed E-state index contributed by atoms with van der Waals surface area (Å²) in [5.41, 5.74) is -0.275. The highest BCUT2D eigenvalue weighted by Crippen LogP contribution is 2.24. The van der Waals surface area contributed by atoms with E-state index in [2.05, 4.69) is 34.4 Å². The number of rotatable bonds is 7. The van der Waals surface area contributed by atoms with Crippen molar-refractivity contribution in [3.8, 4) is 0 Å². The number of carbonyl (C=O) groups excluding carboxylic acids is 1. The number of nitrogens with zero attached hydrogens (tertiary/aromatic N) is 2. The van der Waals surface area contributed by atoms with Crippen LogP contribution in [0, 0.1) is 0 Å². The molecule has 0 saturated carbocycles. The second-order valence-electron chi connectivity index (χ2n) is 6.62. The summed E-state index contributed by atoms with van der Waals surface area (Å²) < 4.78 is 0. The van der Waals surface area contributed by atoms with Gasteiger partial charge in [-0.3, -0.25) is 4.79 Å². The fourth-order valence-corrected chi connectivity index (χ4v) is 3.50. The van der Waals surface area contributed by atoms with Gasteiger partial charge in [-0.15, -0.1) is 0 Å². The molecular formula is C16H32N4O. The Labute approximate surface area is 129 Å². The van der Waals surface area contributed by atoms with Crippen LogP contribution in [0.1, 0.15) is 39.0 Å². The van der Waals surface area contributed by atoms with E-state index in [-0.39, 0.29) is 11.4 Å². The van der Waals surface area contributed by atoms with Gasteiger partial charge in [-0.2, -0.15) is 0 Å². The zero-order chi connectivity index (χ0) is 15.1. The molecule has 0 radical (unpaired) electrons. The summed E-state index contributed by atoms with van der Waals surface area (Å²) in [7, 11) is 2.18. The number of nitrogens with one attached hydrogen (secondary N) is 2. The zero-order valence-electron chi connectivity index (χ0n) is 13.8. The van der Waals surface area contributed by atoms with Crippen molar-refractivity contribution in [1.29, 1.82) is 0 Å². The van der Waals surface area contributed by atoms with Gasteiger partial charge < -0.3 is 20.4 Å². The van der Waals surface area contributed by atoms with E-state index >= 15 is 0 Å². The van der Waals surface area contributed by atoms with Crippen LogP contribution in [0.4, 0.5) is 0 Å². The molecule has 0 bridgehead atoms. The van der Waals surface area contributed by atoms with Crippen molar-refractivity contribution in [2.24, 2.45) is 0 Å². The van der Waals surface area contributed by atoms with E-state index < -0.39 is 0 Å². The Morgan fingerprint density at radius 2 is 2.05 bits per heavy atom. The SMILES string of the molecule is CCCC1(C(=O)NCCCN2CCN(C)CC2)CCCN1. The lowest BCUT2D eigenvalue weighted by Crippen LogP contribution is -2.53. The number of carbonyl (C=O) groups is 1. The van der Waals surface area contributed by atoms with Gasteiger partial charge in [0.15, 0.2) is 0 Å². The van der Waals surface area contributed by atoms with Gasteiger partial charge in [-0.05, 0) is 45.8 Å². The minimum atomic E-state index is -0.275. The molecule has 2 aliphatic heterocycles. The van der Waals surface area contributed by atoms with E-state index in [0.29, 0.717) is 0 Å². The van der Waals surface area contributed by atoms with Crippen LogP contribution in [0.15, 0.2) is 0 Å². The third kappa shape index (κ3) is 4.66. The molecule has 0 aromatic rings. The highest BCUT2D eigenvalue weighted by Gasteiger charge is 2.39. The van der Waals surface area contributed by atoms with Crippen molar-refractivity contribution >= 4 is 5.91 Å². The normalized spacial score (nSPS) is 27.9. The van der Waals surface area contributed by atoms with Crippen molar-refractivity contribution in [2.75, 3.05) is 52.9 Å². The first-order chi connectivity index (χ1) is 10.2. The monoisotopic (exact) mass is 296 g/mol. The summed E-state index contributed by atoms with van der Waals surface area (Å²) in [6.07, 6.45) is 5.18. The summed E-state index contributed by atoms with van der Waals surface area (Å²) in [5, 5.41) is 6.60. The third-order valence-electron chi connectivity index (χ3n) is 4.89. The minimum Gasteiger partial charge on any atom is -0.354 e. The van der Waals surface area contributed by atoms with E-state index in [1.54, 1.807) is 0 Å². The predicted molar refractivity (Wildman–Crippen MR) is 86.4 cm³/mol. The van der Waals surface area contributed by atoms with Crippen molar-refractivity contribution in [3.63, 3.8) is 0 Å². The first-order valence-electron chi connectivity index (χ1n) is 8.60. The van der Waals surface area contributed by atoms with E-state index in [4.69, 9.17) is 0 Å². The van der Waals surface area contributed by atoms with Crippen molar-refractivity contribution in [3.05, 3.63) is 0 Å². The lowest BCUT2D eigenvalue weighted by Gasteiger charge is -2.32. The van der Waals surface area contributed by atoms with Gasteiger partial charge >= 0.3 is 0 Å². The van der Waals surface area contributed by atoms with Crippen LogP contribution in [0.2, 0.25) is 0 Å². The maximum absolute atomic E-state index is 12.5. The third-order valence-corrected chi connectivity index (χ3v) is 4.89. The highest BCUT2D eigenvalue weighted by molar-refractivity contribution is 5.86. The average molecular weight is 296 g/mol. The lowest BCUT2D eigenvalue weighted by molar-refractivity contribution is -0.127. The number of piperazine rings is 1. The number of amides is 1. The summed E-state index contributed by atoms with van der Waals surface area (Å²) in [6, 6.07) is 0. The van der Waals surface area contributed by atoms with Crippen molar-refractivity contribution < 1.29 is 4.79 Å². The fraction of sp³-hybridized carbons (Fsp3) is 0.938. The summed E-state index contributed by atoms with van der Waals surface area (Å²) in [4.78, 5) is 17.3. The maximum atomic E-state index is 12.5. The van der Waals surface area contributed by atoms with E-state index in [1.807, 2.05) is 0 Å². The van der Waals surface area contributed by atoms with E-state index in [0.717, 1.165) is 77.9 Å². The first kappa shape index (κ1) is 16.7. The van der Waals surface area contributed by atoms with Gasteiger partial charge in [0.2, 0.25) is 5.91 Å². The summed E-state index contributed by atoms with van der Waals surface area (Å²) in [5.74, 6) is 0.222. The Kier molecular flexibility index (Phi) is 6.45. The number of hydrogen-bond acceptors (Lipinski definition) is 4. The fourth-order valence-electron chi connectivity index (χ4n) is 3.50. The van der Waals surface area contributed by atoms with Gasteiger partial charge in [0.25, 0.3) is 0 Å². The maximum Gasteiger partial charge on any atom is 0.240 e. The smallest absolute Gasteiger partial charge is 0.240 e.